The van der Waals surface area contributed by atoms with Gasteiger partial charge in [0.15, 0.2) is 11.5 Å². The number of carboxylic acid groups (broad SMARTS) is 1. The number of imide groups is 1. The van der Waals surface area contributed by atoms with E-state index in [9.17, 15) is 24.3 Å². The number of carbonyl (C=O) groups is 4. The standard InChI is InChI=1S/C30H37N5O7/c1-3-4-12-34(21-6-5-11-31-16-21)27(37)18-33-17-22(20-7-8-24-25(15-20)42-19-41-24)28(29(38)39)23(33)9-14-35-26(36)10-13-32(2)30(35)40/h5-8,11,15-16,22-23,28H,3-4,9-10,12-14,17-19H2,1-2H3,(H,38,39)/t22-,23+,28?/m1/s1. The van der Waals surface area contributed by atoms with Crippen LogP contribution in [0.3, 0.4) is 0 Å². The molecule has 5 rings (SSSR count). The molecule has 0 spiro atoms. The van der Waals surface area contributed by atoms with E-state index in [1.165, 1.54) is 9.80 Å². The van der Waals surface area contributed by atoms with E-state index in [2.05, 4.69) is 11.9 Å². The van der Waals surface area contributed by atoms with Gasteiger partial charge in [-0.25, -0.2) is 4.79 Å². The second-order valence-corrected chi connectivity index (χ2v) is 11.0. The summed E-state index contributed by atoms with van der Waals surface area (Å²) in [5.41, 5.74) is 1.45. The zero-order valence-corrected chi connectivity index (χ0v) is 24.0. The maximum absolute atomic E-state index is 13.8. The van der Waals surface area contributed by atoms with Crippen LogP contribution in [-0.4, -0.2) is 101 Å². The first-order valence-electron chi connectivity index (χ1n) is 14.4. The van der Waals surface area contributed by atoms with Crippen LogP contribution in [0.4, 0.5) is 10.5 Å². The predicted octanol–water partition coefficient (Wildman–Crippen LogP) is 2.79. The van der Waals surface area contributed by atoms with Crippen molar-refractivity contribution in [2.75, 3.05) is 51.5 Å². The van der Waals surface area contributed by atoms with E-state index >= 15 is 0 Å². The Morgan fingerprint density at radius 1 is 1.17 bits per heavy atom. The molecule has 1 N–H and O–H groups in total. The molecule has 0 radical (unpaired) electrons. The number of carboxylic acids is 1. The summed E-state index contributed by atoms with van der Waals surface area (Å²) in [7, 11) is 1.64. The molecular weight excluding hydrogens is 542 g/mol. The molecule has 42 heavy (non-hydrogen) atoms. The van der Waals surface area contributed by atoms with Gasteiger partial charge in [-0.3, -0.25) is 29.2 Å². The van der Waals surface area contributed by atoms with Crippen molar-refractivity contribution in [2.24, 2.45) is 5.92 Å². The summed E-state index contributed by atoms with van der Waals surface area (Å²) in [5.74, 6) is -1.62. The van der Waals surface area contributed by atoms with Gasteiger partial charge in [0.1, 0.15) is 0 Å². The van der Waals surface area contributed by atoms with Gasteiger partial charge in [0.2, 0.25) is 18.6 Å². The highest BCUT2D eigenvalue weighted by Gasteiger charge is 2.48. The number of unbranched alkanes of at least 4 members (excludes halogenated alkanes) is 1. The Hall–Kier alpha value is -4.19. The zero-order chi connectivity index (χ0) is 29.8. The van der Waals surface area contributed by atoms with Crippen molar-refractivity contribution in [1.29, 1.82) is 0 Å². The Morgan fingerprint density at radius 3 is 2.71 bits per heavy atom. The fourth-order valence-corrected chi connectivity index (χ4v) is 6.11. The number of amides is 4. The Balaban J connectivity index is 1.44. The van der Waals surface area contributed by atoms with E-state index in [1.807, 2.05) is 17.0 Å². The molecule has 224 valence electrons. The molecule has 1 unspecified atom stereocenters. The number of fused-ring (bicyclic) bond motifs is 1. The minimum atomic E-state index is -0.999. The van der Waals surface area contributed by atoms with Crippen molar-refractivity contribution in [2.45, 2.75) is 44.6 Å². The van der Waals surface area contributed by atoms with Gasteiger partial charge >= 0.3 is 12.0 Å². The van der Waals surface area contributed by atoms with Gasteiger partial charge in [-0.2, -0.15) is 0 Å². The van der Waals surface area contributed by atoms with Crippen molar-refractivity contribution in [3.05, 3.63) is 48.3 Å². The number of urea groups is 1. The smallest absolute Gasteiger partial charge is 0.326 e. The van der Waals surface area contributed by atoms with Gasteiger partial charge < -0.3 is 24.4 Å². The lowest BCUT2D eigenvalue weighted by Gasteiger charge is -2.34. The normalized spacial score (nSPS) is 22.1. The maximum Gasteiger partial charge on any atom is 0.326 e. The predicted molar refractivity (Wildman–Crippen MR) is 152 cm³/mol. The highest BCUT2D eigenvalue weighted by atomic mass is 16.7. The lowest BCUT2D eigenvalue weighted by Crippen LogP contribution is -2.52. The minimum Gasteiger partial charge on any atom is -0.481 e. The fraction of sp³-hybridized carbons (Fsp3) is 0.500. The Kier molecular flexibility index (Phi) is 8.91. The van der Waals surface area contributed by atoms with E-state index < -0.39 is 29.9 Å². The van der Waals surface area contributed by atoms with E-state index in [-0.39, 0.29) is 44.5 Å². The Morgan fingerprint density at radius 2 is 1.98 bits per heavy atom. The molecule has 2 fully saturated rings. The van der Waals surface area contributed by atoms with Crippen LogP contribution in [-0.2, 0) is 14.4 Å². The molecule has 0 saturated carbocycles. The van der Waals surface area contributed by atoms with Crippen LogP contribution in [0.25, 0.3) is 0 Å². The van der Waals surface area contributed by atoms with Crippen LogP contribution in [0.2, 0.25) is 0 Å². The van der Waals surface area contributed by atoms with Gasteiger partial charge in [-0.15, -0.1) is 0 Å². The first kappa shape index (κ1) is 29.3. The van der Waals surface area contributed by atoms with Crippen molar-refractivity contribution in [3.8, 4) is 11.5 Å². The van der Waals surface area contributed by atoms with Gasteiger partial charge in [0.25, 0.3) is 0 Å². The number of ether oxygens (including phenoxy) is 2. The average Bonchev–Trinajstić information content (AvgIpc) is 3.60. The number of hydrogen-bond donors (Lipinski definition) is 1. The lowest BCUT2D eigenvalue weighted by molar-refractivity contribution is -0.143. The zero-order valence-electron chi connectivity index (χ0n) is 24.0. The quantitative estimate of drug-likeness (QED) is 0.427. The summed E-state index contributed by atoms with van der Waals surface area (Å²) in [6.45, 7) is 3.37. The molecule has 4 amide bonds. The summed E-state index contributed by atoms with van der Waals surface area (Å²) >= 11 is 0. The number of rotatable bonds is 11. The van der Waals surface area contributed by atoms with Crippen LogP contribution in [0.15, 0.2) is 42.7 Å². The summed E-state index contributed by atoms with van der Waals surface area (Å²) < 4.78 is 11.0. The van der Waals surface area contributed by atoms with Crippen LogP contribution >= 0.6 is 0 Å². The molecule has 0 bridgehead atoms. The second kappa shape index (κ2) is 12.8. The first-order valence-corrected chi connectivity index (χ1v) is 14.4. The van der Waals surface area contributed by atoms with Crippen LogP contribution < -0.4 is 14.4 Å². The fourth-order valence-electron chi connectivity index (χ4n) is 6.11. The van der Waals surface area contributed by atoms with Crippen LogP contribution in [0, 0.1) is 5.92 Å². The minimum absolute atomic E-state index is 0.0180. The van der Waals surface area contributed by atoms with Crippen molar-refractivity contribution in [1.82, 2.24) is 19.7 Å². The largest absolute Gasteiger partial charge is 0.481 e. The number of likely N-dealkylation sites (tertiary alicyclic amines) is 1. The average molecular weight is 580 g/mol. The molecule has 4 heterocycles. The second-order valence-electron chi connectivity index (χ2n) is 11.0. The molecule has 0 aliphatic carbocycles. The number of aliphatic carboxylic acids is 1. The van der Waals surface area contributed by atoms with Gasteiger partial charge in [0, 0.05) is 57.8 Å². The van der Waals surface area contributed by atoms with Crippen LogP contribution in [0.5, 0.6) is 11.5 Å². The molecule has 12 nitrogen and oxygen atoms in total. The molecule has 3 atom stereocenters. The molecule has 12 heteroatoms. The number of aromatic nitrogens is 1. The molecule has 2 saturated heterocycles. The van der Waals surface area contributed by atoms with E-state index in [4.69, 9.17) is 9.47 Å². The molecular formula is C30H37N5O7. The van der Waals surface area contributed by atoms with Gasteiger partial charge in [-0.05, 0) is 42.7 Å². The van der Waals surface area contributed by atoms with E-state index in [1.54, 1.807) is 42.5 Å². The number of benzene rings is 1. The molecule has 1 aromatic heterocycles. The van der Waals surface area contributed by atoms with Gasteiger partial charge in [-0.1, -0.05) is 19.4 Å². The first-order chi connectivity index (χ1) is 20.3. The SMILES string of the molecule is CCCCN(C(=O)CN1C[C@H](c2ccc3c(c2)OCO3)C(C(=O)O)[C@@H]1CCN1C(=O)CCN(C)C1=O)c1cccnc1. The van der Waals surface area contributed by atoms with E-state index in [0.29, 0.717) is 36.8 Å². The number of nitrogens with zero attached hydrogens (tertiary/aromatic N) is 5. The maximum atomic E-state index is 13.8. The summed E-state index contributed by atoms with van der Waals surface area (Å²) in [5, 5.41) is 10.5. The topological polar surface area (TPSA) is 133 Å². The monoisotopic (exact) mass is 579 g/mol. The molecule has 1 aromatic carbocycles. The van der Waals surface area contributed by atoms with Crippen molar-refractivity contribution in [3.63, 3.8) is 0 Å². The number of anilines is 1. The molecule has 2 aromatic rings. The summed E-state index contributed by atoms with van der Waals surface area (Å²) in [6, 6.07) is 8.04. The third-order valence-corrected chi connectivity index (χ3v) is 8.36. The third kappa shape index (κ3) is 6.03. The third-order valence-electron chi connectivity index (χ3n) is 8.36. The van der Waals surface area contributed by atoms with E-state index in [0.717, 1.165) is 18.4 Å². The Labute approximate surface area is 244 Å². The van der Waals surface area contributed by atoms with Crippen LogP contribution in [0.1, 0.15) is 44.1 Å². The molecule has 3 aliphatic rings. The summed E-state index contributed by atoms with van der Waals surface area (Å²) in [6.07, 6.45) is 5.43. The highest BCUT2D eigenvalue weighted by Crippen LogP contribution is 2.43. The number of carbonyl (C=O) groups excluding carboxylic acids is 3. The number of pyridine rings is 1. The summed E-state index contributed by atoms with van der Waals surface area (Å²) in [4.78, 5) is 62.5. The molecule has 3 aliphatic heterocycles. The Bertz CT molecular complexity index is 1320. The van der Waals surface area contributed by atoms with Gasteiger partial charge in [0.05, 0.1) is 24.3 Å². The van der Waals surface area contributed by atoms with Crippen molar-refractivity contribution >= 4 is 29.5 Å². The lowest BCUT2D eigenvalue weighted by atomic mass is 9.84. The highest BCUT2D eigenvalue weighted by molar-refractivity contribution is 5.97. The van der Waals surface area contributed by atoms with Crippen molar-refractivity contribution < 1.29 is 33.8 Å². The number of hydrogen-bond acceptors (Lipinski definition) is 8.